The van der Waals surface area contributed by atoms with Crippen LogP contribution in [0.2, 0.25) is 0 Å². The normalized spacial score (nSPS) is 17.7. The zero-order chi connectivity index (χ0) is 17.2. The summed E-state index contributed by atoms with van der Waals surface area (Å²) in [6.45, 7) is 9.84. The molecule has 0 amide bonds. The first-order valence-corrected chi connectivity index (χ1v) is 9.64. The Morgan fingerprint density at radius 1 is 1.17 bits per heavy atom. The van der Waals surface area contributed by atoms with Gasteiger partial charge in [-0.05, 0) is 76.9 Å². The van der Waals surface area contributed by atoms with E-state index in [9.17, 15) is 8.42 Å². The van der Waals surface area contributed by atoms with E-state index < -0.39 is 10.0 Å². The summed E-state index contributed by atoms with van der Waals surface area (Å²) >= 11 is 0. The van der Waals surface area contributed by atoms with Crippen LogP contribution in [0.3, 0.4) is 0 Å². The highest BCUT2D eigenvalue weighted by atomic mass is 32.2. The molecule has 1 aliphatic heterocycles. The van der Waals surface area contributed by atoms with Crippen molar-refractivity contribution in [1.29, 1.82) is 0 Å². The summed E-state index contributed by atoms with van der Waals surface area (Å²) in [4.78, 5) is 2.76. The van der Waals surface area contributed by atoms with Gasteiger partial charge in [0.2, 0.25) is 10.0 Å². The molecule has 0 atom stereocenters. The fraction of sp³-hybridized carbons (Fsp3) is 0.647. The molecule has 1 aromatic rings. The number of likely N-dealkylation sites (tertiary alicyclic amines) is 1. The second-order valence-electron chi connectivity index (χ2n) is 6.62. The van der Waals surface area contributed by atoms with Gasteiger partial charge in [-0.15, -0.1) is 0 Å². The van der Waals surface area contributed by atoms with Crippen LogP contribution in [0.25, 0.3) is 0 Å². The number of benzene rings is 1. The Hall–Kier alpha value is -1.11. The van der Waals surface area contributed by atoms with Crippen molar-refractivity contribution >= 4 is 10.0 Å². The molecule has 0 spiro atoms. The number of sulfonamides is 1. The minimum absolute atomic E-state index is 0.0101. The molecule has 6 heteroatoms. The predicted octanol–water partition coefficient (Wildman–Crippen LogP) is 2.46. The lowest BCUT2D eigenvalue weighted by Gasteiger charge is -2.34. The van der Waals surface area contributed by atoms with Crippen LogP contribution in [0.4, 0.5) is 0 Å². The van der Waals surface area contributed by atoms with Crippen molar-refractivity contribution in [3.05, 3.63) is 23.3 Å². The van der Waals surface area contributed by atoms with E-state index in [1.54, 1.807) is 19.2 Å². The number of nitrogens with one attached hydrogen (secondary N) is 1. The smallest absolute Gasteiger partial charge is 0.241 e. The van der Waals surface area contributed by atoms with Crippen molar-refractivity contribution < 1.29 is 13.2 Å². The summed E-state index contributed by atoms with van der Waals surface area (Å²) in [6, 6.07) is 4.06. The minimum Gasteiger partial charge on any atom is -0.497 e. The SMILES string of the molecule is COc1cc(C)c(S(=O)(=O)NC2CCN(C(C)C)CC2)c(C)c1. The van der Waals surface area contributed by atoms with Crippen molar-refractivity contribution in [3.8, 4) is 5.75 Å². The van der Waals surface area contributed by atoms with Crippen molar-refractivity contribution in [2.75, 3.05) is 20.2 Å². The summed E-state index contributed by atoms with van der Waals surface area (Å²) in [6.07, 6.45) is 1.71. The third kappa shape index (κ3) is 4.25. The van der Waals surface area contributed by atoms with Crippen LogP contribution < -0.4 is 9.46 Å². The van der Waals surface area contributed by atoms with E-state index >= 15 is 0 Å². The van der Waals surface area contributed by atoms with Crippen molar-refractivity contribution in [2.24, 2.45) is 0 Å². The van der Waals surface area contributed by atoms with E-state index in [1.807, 2.05) is 13.8 Å². The molecule has 1 heterocycles. The quantitative estimate of drug-likeness (QED) is 0.894. The van der Waals surface area contributed by atoms with Gasteiger partial charge in [0.1, 0.15) is 5.75 Å². The molecule has 1 aliphatic rings. The summed E-state index contributed by atoms with van der Waals surface area (Å²) in [5.41, 5.74) is 1.43. The molecule has 0 aliphatic carbocycles. The molecule has 0 bridgehead atoms. The number of aryl methyl sites for hydroxylation is 2. The van der Waals surface area contributed by atoms with Gasteiger partial charge < -0.3 is 9.64 Å². The lowest BCUT2D eigenvalue weighted by atomic mass is 10.1. The third-order valence-electron chi connectivity index (χ3n) is 4.52. The molecular weight excluding hydrogens is 312 g/mol. The number of rotatable bonds is 5. The van der Waals surface area contributed by atoms with Crippen molar-refractivity contribution in [3.63, 3.8) is 0 Å². The van der Waals surface area contributed by atoms with Crippen LogP contribution >= 0.6 is 0 Å². The van der Waals surface area contributed by atoms with Crippen LogP contribution in [0, 0.1) is 13.8 Å². The average Bonchev–Trinajstić information content (AvgIpc) is 2.46. The number of ether oxygens (including phenoxy) is 1. The second kappa shape index (κ2) is 7.20. The molecule has 0 saturated carbocycles. The number of hydrogen-bond acceptors (Lipinski definition) is 4. The van der Waals surface area contributed by atoms with Crippen molar-refractivity contribution in [1.82, 2.24) is 9.62 Å². The van der Waals surface area contributed by atoms with Crippen LogP contribution in [-0.2, 0) is 10.0 Å². The van der Waals surface area contributed by atoms with E-state index in [-0.39, 0.29) is 6.04 Å². The predicted molar refractivity (Wildman–Crippen MR) is 92.5 cm³/mol. The summed E-state index contributed by atoms with van der Waals surface area (Å²) in [5, 5.41) is 0. The Labute approximate surface area is 140 Å². The topological polar surface area (TPSA) is 58.6 Å². The highest BCUT2D eigenvalue weighted by molar-refractivity contribution is 7.89. The van der Waals surface area contributed by atoms with Crippen LogP contribution in [0.15, 0.2) is 17.0 Å². The van der Waals surface area contributed by atoms with Gasteiger partial charge >= 0.3 is 0 Å². The van der Waals surface area contributed by atoms with Gasteiger partial charge in [-0.1, -0.05) is 0 Å². The maximum absolute atomic E-state index is 12.8. The molecule has 1 aromatic carbocycles. The molecule has 5 nitrogen and oxygen atoms in total. The first kappa shape index (κ1) is 18.2. The number of nitrogens with zero attached hydrogens (tertiary/aromatic N) is 1. The minimum atomic E-state index is -3.51. The monoisotopic (exact) mass is 340 g/mol. The molecule has 1 N–H and O–H groups in total. The first-order valence-electron chi connectivity index (χ1n) is 8.16. The lowest BCUT2D eigenvalue weighted by molar-refractivity contribution is 0.168. The Morgan fingerprint density at radius 2 is 1.70 bits per heavy atom. The largest absolute Gasteiger partial charge is 0.497 e. The van der Waals surface area contributed by atoms with Gasteiger partial charge in [0.05, 0.1) is 12.0 Å². The van der Waals surface area contributed by atoms with Gasteiger partial charge in [0.25, 0.3) is 0 Å². The lowest BCUT2D eigenvalue weighted by Crippen LogP contribution is -2.46. The molecule has 23 heavy (non-hydrogen) atoms. The zero-order valence-corrected chi connectivity index (χ0v) is 15.5. The standard InChI is InChI=1S/C17H28N2O3S/c1-12(2)19-8-6-15(7-9-19)18-23(20,21)17-13(3)10-16(22-5)11-14(17)4/h10-12,15,18H,6-9H2,1-5H3. The molecule has 0 radical (unpaired) electrons. The fourth-order valence-corrected chi connectivity index (χ4v) is 5.02. The molecule has 0 unspecified atom stereocenters. The zero-order valence-electron chi connectivity index (χ0n) is 14.7. The maximum Gasteiger partial charge on any atom is 0.241 e. The molecule has 1 fully saturated rings. The molecule has 1 saturated heterocycles. The molecule has 2 rings (SSSR count). The summed E-state index contributed by atoms with van der Waals surface area (Å²) < 4.78 is 33.7. The van der Waals surface area contributed by atoms with E-state index in [0.717, 1.165) is 25.9 Å². The fourth-order valence-electron chi connectivity index (χ4n) is 3.26. The van der Waals surface area contributed by atoms with Crippen LogP contribution in [0.1, 0.15) is 37.8 Å². The molecule has 0 aromatic heterocycles. The van der Waals surface area contributed by atoms with Gasteiger partial charge in [0.15, 0.2) is 0 Å². The second-order valence-corrected chi connectivity index (χ2v) is 8.27. The summed E-state index contributed by atoms with van der Waals surface area (Å²) in [5.74, 6) is 0.684. The Kier molecular flexibility index (Phi) is 5.70. The molecular formula is C17H28N2O3S. The van der Waals surface area contributed by atoms with Crippen molar-refractivity contribution in [2.45, 2.75) is 57.5 Å². The van der Waals surface area contributed by atoms with E-state index in [2.05, 4.69) is 23.5 Å². The van der Waals surface area contributed by atoms with Gasteiger partial charge in [-0.3, -0.25) is 0 Å². The summed E-state index contributed by atoms with van der Waals surface area (Å²) in [7, 11) is -1.92. The molecule has 130 valence electrons. The maximum atomic E-state index is 12.8. The first-order chi connectivity index (χ1) is 10.7. The van der Waals surface area contributed by atoms with E-state index in [0.29, 0.717) is 27.8 Å². The highest BCUT2D eigenvalue weighted by Gasteiger charge is 2.27. The Bertz CT molecular complexity index is 625. The Morgan fingerprint density at radius 3 is 2.13 bits per heavy atom. The van der Waals surface area contributed by atoms with E-state index in [1.165, 1.54) is 0 Å². The third-order valence-corrected chi connectivity index (χ3v) is 6.34. The van der Waals surface area contributed by atoms with Crippen LogP contribution in [-0.4, -0.2) is 45.6 Å². The van der Waals surface area contributed by atoms with E-state index in [4.69, 9.17) is 4.74 Å². The number of methoxy groups -OCH3 is 1. The van der Waals surface area contributed by atoms with Gasteiger partial charge in [0, 0.05) is 12.1 Å². The van der Waals surface area contributed by atoms with Gasteiger partial charge in [-0.25, -0.2) is 13.1 Å². The average molecular weight is 340 g/mol. The number of piperidine rings is 1. The van der Waals surface area contributed by atoms with Gasteiger partial charge in [-0.2, -0.15) is 0 Å². The number of hydrogen-bond donors (Lipinski definition) is 1. The Balaban J connectivity index is 2.14. The highest BCUT2D eigenvalue weighted by Crippen LogP contribution is 2.26. The van der Waals surface area contributed by atoms with Crippen LogP contribution in [0.5, 0.6) is 5.75 Å².